The molecule has 7 heteroatoms. The van der Waals surface area contributed by atoms with Gasteiger partial charge in [-0.15, -0.1) is 0 Å². The largest absolute Gasteiger partial charge is 0.468 e. The smallest absolute Gasteiger partial charge is 0.422 e. The van der Waals surface area contributed by atoms with Gasteiger partial charge < -0.3 is 14.5 Å². The Morgan fingerprint density at radius 2 is 2.05 bits per heavy atom. The molecule has 0 bridgehead atoms. The molecule has 2 rings (SSSR count). The maximum atomic E-state index is 12.1. The van der Waals surface area contributed by atoms with Crippen molar-refractivity contribution in [2.24, 2.45) is 0 Å². The molecule has 0 fully saturated rings. The number of furan rings is 1. The van der Waals surface area contributed by atoms with Gasteiger partial charge in [0, 0.05) is 18.8 Å². The maximum Gasteiger partial charge on any atom is 0.422 e. The Bertz CT molecular complexity index is 582. The molecule has 0 aliphatic heterocycles. The number of aryl methyl sites for hydroxylation is 1. The van der Waals surface area contributed by atoms with Crippen LogP contribution in [0.2, 0.25) is 0 Å². The molecule has 0 radical (unpaired) electrons. The highest BCUT2D eigenvalue weighted by atomic mass is 19.4. The van der Waals surface area contributed by atoms with Crippen LogP contribution in [-0.2, 0) is 13.1 Å². The third-order valence-corrected chi connectivity index (χ3v) is 2.61. The Morgan fingerprint density at radius 3 is 2.71 bits per heavy atom. The summed E-state index contributed by atoms with van der Waals surface area (Å²) < 4.78 is 46.2. The summed E-state index contributed by atoms with van der Waals surface area (Å²) in [4.78, 5) is 3.74. The van der Waals surface area contributed by atoms with Crippen molar-refractivity contribution in [3.8, 4) is 5.88 Å². The number of hydrogen-bond donors (Lipinski definition) is 1. The molecule has 0 atom stereocenters. The fraction of sp³-hybridized carbons (Fsp3) is 0.357. The van der Waals surface area contributed by atoms with Crippen LogP contribution >= 0.6 is 0 Å². The molecule has 0 amide bonds. The molecule has 0 spiro atoms. The monoisotopic (exact) mass is 300 g/mol. The van der Waals surface area contributed by atoms with Crippen molar-refractivity contribution in [2.75, 3.05) is 6.61 Å². The Balaban J connectivity index is 1.83. The predicted octanol–water partition coefficient (Wildman–Crippen LogP) is 3.21. The second-order valence-electron chi connectivity index (χ2n) is 4.52. The van der Waals surface area contributed by atoms with E-state index < -0.39 is 12.8 Å². The van der Waals surface area contributed by atoms with Crippen molar-refractivity contribution in [3.05, 3.63) is 47.5 Å². The number of nitrogens with one attached hydrogen (secondary N) is 1. The van der Waals surface area contributed by atoms with Crippen LogP contribution in [0.15, 0.2) is 34.9 Å². The maximum absolute atomic E-state index is 12.1. The molecule has 0 unspecified atom stereocenters. The van der Waals surface area contributed by atoms with Crippen LogP contribution in [0.4, 0.5) is 13.2 Å². The zero-order valence-electron chi connectivity index (χ0n) is 11.4. The Labute approximate surface area is 119 Å². The van der Waals surface area contributed by atoms with Crippen molar-refractivity contribution >= 4 is 0 Å². The number of halogens is 3. The van der Waals surface area contributed by atoms with Gasteiger partial charge in [-0.1, -0.05) is 0 Å². The van der Waals surface area contributed by atoms with E-state index in [1.807, 2.05) is 19.1 Å². The second kappa shape index (κ2) is 6.62. The van der Waals surface area contributed by atoms with Gasteiger partial charge in [0.25, 0.3) is 0 Å². The summed E-state index contributed by atoms with van der Waals surface area (Å²) in [7, 11) is 0. The number of aromatic nitrogens is 1. The lowest BCUT2D eigenvalue weighted by Crippen LogP contribution is -2.19. The Kier molecular flexibility index (Phi) is 4.85. The summed E-state index contributed by atoms with van der Waals surface area (Å²) in [6.45, 7) is 1.53. The predicted molar refractivity (Wildman–Crippen MR) is 69.8 cm³/mol. The number of nitrogens with zero attached hydrogens (tertiary/aromatic N) is 1. The van der Waals surface area contributed by atoms with Gasteiger partial charge in [-0.3, -0.25) is 0 Å². The average molecular weight is 300 g/mol. The van der Waals surface area contributed by atoms with Crippen molar-refractivity contribution in [1.82, 2.24) is 10.3 Å². The minimum absolute atomic E-state index is 0.0412. The zero-order valence-corrected chi connectivity index (χ0v) is 11.4. The summed E-state index contributed by atoms with van der Waals surface area (Å²) in [6.07, 6.45) is -2.95. The van der Waals surface area contributed by atoms with Gasteiger partial charge in [-0.05, 0) is 30.7 Å². The third-order valence-electron chi connectivity index (χ3n) is 2.61. The van der Waals surface area contributed by atoms with E-state index in [0.29, 0.717) is 13.1 Å². The van der Waals surface area contributed by atoms with E-state index in [4.69, 9.17) is 4.42 Å². The molecule has 21 heavy (non-hydrogen) atoms. The molecule has 0 aromatic carbocycles. The van der Waals surface area contributed by atoms with Crippen LogP contribution in [0, 0.1) is 6.92 Å². The Morgan fingerprint density at radius 1 is 1.24 bits per heavy atom. The zero-order chi connectivity index (χ0) is 15.3. The van der Waals surface area contributed by atoms with Gasteiger partial charge in [0.15, 0.2) is 6.61 Å². The SMILES string of the molecule is Cc1ccc(CNCc2ccnc(OCC(F)(F)F)c2)o1. The van der Waals surface area contributed by atoms with Crippen molar-refractivity contribution in [2.45, 2.75) is 26.2 Å². The minimum atomic E-state index is -4.37. The molecule has 0 saturated carbocycles. The topological polar surface area (TPSA) is 47.3 Å². The van der Waals surface area contributed by atoms with Gasteiger partial charge in [0.05, 0.1) is 6.54 Å². The number of rotatable bonds is 6. The first-order chi connectivity index (χ1) is 9.92. The fourth-order valence-electron chi connectivity index (χ4n) is 1.71. The van der Waals surface area contributed by atoms with Crippen molar-refractivity contribution in [3.63, 3.8) is 0 Å². The molecule has 2 heterocycles. The van der Waals surface area contributed by atoms with E-state index in [9.17, 15) is 13.2 Å². The van der Waals surface area contributed by atoms with Crippen LogP contribution in [-0.4, -0.2) is 17.8 Å². The minimum Gasteiger partial charge on any atom is -0.468 e. The molecule has 114 valence electrons. The summed E-state index contributed by atoms with van der Waals surface area (Å²) in [5, 5.41) is 3.13. The first kappa shape index (κ1) is 15.4. The van der Waals surface area contributed by atoms with E-state index in [1.165, 1.54) is 12.3 Å². The molecule has 0 aliphatic rings. The molecule has 2 aromatic rings. The van der Waals surface area contributed by atoms with Gasteiger partial charge >= 0.3 is 6.18 Å². The Hall–Kier alpha value is -2.02. The lowest BCUT2D eigenvalue weighted by Gasteiger charge is -2.09. The highest BCUT2D eigenvalue weighted by Gasteiger charge is 2.28. The molecule has 0 saturated heterocycles. The van der Waals surface area contributed by atoms with Crippen molar-refractivity contribution in [1.29, 1.82) is 0 Å². The van der Waals surface area contributed by atoms with E-state index in [-0.39, 0.29) is 5.88 Å². The average Bonchev–Trinajstić information content (AvgIpc) is 2.82. The number of pyridine rings is 1. The molecule has 0 aliphatic carbocycles. The summed E-state index contributed by atoms with van der Waals surface area (Å²) in [5.41, 5.74) is 0.783. The first-order valence-corrected chi connectivity index (χ1v) is 6.33. The highest BCUT2D eigenvalue weighted by molar-refractivity contribution is 5.20. The van der Waals surface area contributed by atoms with Gasteiger partial charge in [-0.2, -0.15) is 13.2 Å². The van der Waals surface area contributed by atoms with E-state index in [0.717, 1.165) is 17.1 Å². The lowest BCUT2D eigenvalue weighted by atomic mass is 10.2. The van der Waals surface area contributed by atoms with Gasteiger partial charge in [0.1, 0.15) is 11.5 Å². The van der Waals surface area contributed by atoms with Crippen LogP contribution in [0.1, 0.15) is 17.1 Å². The van der Waals surface area contributed by atoms with Gasteiger partial charge in [0.2, 0.25) is 5.88 Å². The van der Waals surface area contributed by atoms with E-state index >= 15 is 0 Å². The summed E-state index contributed by atoms with van der Waals surface area (Å²) in [5.74, 6) is 1.59. The molecule has 1 N–H and O–H groups in total. The van der Waals surface area contributed by atoms with Gasteiger partial charge in [-0.25, -0.2) is 4.98 Å². The van der Waals surface area contributed by atoms with Crippen LogP contribution in [0.3, 0.4) is 0 Å². The highest BCUT2D eigenvalue weighted by Crippen LogP contribution is 2.17. The second-order valence-corrected chi connectivity index (χ2v) is 4.52. The first-order valence-electron chi connectivity index (χ1n) is 6.33. The number of alkyl halides is 3. The quantitative estimate of drug-likeness (QED) is 0.890. The number of hydrogen-bond acceptors (Lipinski definition) is 4. The fourth-order valence-corrected chi connectivity index (χ4v) is 1.71. The molecule has 2 aromatic heterocycles. The molecular formula is C14H15F3N2O2. The summed E-state index contributed by atoms with van der Waals surface area (Å²) in [6, 6.07) is 6.92. The number of ether oxygens (including phenoxy) is 1. The van der Waals surface area contributed by atoms with Crippen molar-refractivity contribution < 1.29 is 22.3 Å². The van der Waals surface area contributed by atoms with Crippen LogP contribution < -0.4 is 10.1 Å². The van der Waals surface area contributed by atoms with E-state index in [2.05, 4.69) is 15.0 Å². The molecule has 4 nitrogen and oxygen atoms in total. The van der Waals surface area contributed by atoms with E-state index in [1.54, 1.807) is 6.07 Å². The standard InChI is InChI=1S/C14H15F3N2O2/c1-10-2-3-12(21-10)8-18-7-11-4-5-19-13(6-11)20-9-14(15,16)17/h2-6,18H,7-9H2,1H3. The summed E-state index contributed by atoms with van der Waals surface area (Å²) >= 11 is 0. The molecular weight excluding hydrogens is 285 g/mol. The third kappa shape index (κ3) is 5.47. The lowest BCUT2D eigenvalue weighted by molar-refractivity contribution is -0.154. The normalized spacial score (nSPS) is 11.6. The van der Waals surface area contributed by atoms with Crippen LogP contribution in [0.25, 0.3) is 0 Å². The van der Waals surface area contributed by atoms with Crippen LogP contribution in [0.5, 0.6) is 5.88 Å².